The van der Waals surface area contributed by atoms with Crippen LogP contribution in [0.4, 0.5) is 0 Å². The molecule has 158 valence electrons. The summed E-state index contributed by atoms with van der Waals surface area (Å²) in [6, 6.07) is 13.9. The van der Waals surface area contributed by atoms with Crippen LogP contribution in [0.5, 0.6) is 5.75 Å². The second-order valence-corrected chi connectivity index (χ2v) is 9.17. The Balaban J connectivity index is 1.62. The highest BCUT2D eigenvalue weighted by Crippen LogP contribution is 2.32. The summed E-state index contributed by atoms with van der Waals surface area (Å²) in [5, 5.41) is 0.671. The first kappa shape index (κ1) is 20.7. The lowest BCUT2D eigenvalue weighted by atomic mass is 10.2. The summed E-state index contributed by atoms with van der Waals surface area (Å²) >= 11 is 6.06. The van der Waals surface area contributed by atoms with Gasteiger partial charge in [0, 0.05) is 29.0 Å². The molecule has 1 fully saturated rings. The van der Waals surface area contributed by atoms with E-state index in [9.17, 15) is 13.2 Å². The minimum atomic E-state index is -4.05. The molecule has 1 atom stereocenters. The van der Waals surface area contributed by atoms with Crippen LogP contribution in [-0.4, -0.2) is 56.0 Å². The molecule has 2 aromatic carbocycles. The van der Waals surface area contributed by atoms with Crippen LogP contribution in [0.25, 0.3) is 10.9 Å². The Hall–Kier alpha value is -2.59. The molecule has 4 rings (SSSR count). The second kappa shape index (κ2) is 8.27. The number of sulfonamides is 1. The Morgan fingerprint density at radius 2 is 2.03 bits per heavy atom. The van der Waals surface area contributed by atoms with Gasteiger partial charge in [0.15, 0.2) is 0 Å². The van der Waals surface area contributed by atoms with E-state index in [4.69, 9.17) is 26.8 Å². The molecule has 30 heavy (non-hydrogen) atoms. The number of hydrogen-bond donors (Lipinski definition) is 2. The highest BCUT2D eigenvalue weighted by Gasteiger charge is 2.36. The van der Waals surface area contributed by atoms with Gasteiger partial charge in [-0.15, -0.1) is 0 Å². The van der Waals surface area contributed by atoms with Gasteiger partial charge in [0.2, 0.25) is 10.0 Å². The first-order chi connectivity index (χ1) is 14.4. The zero-order chi connectivity index (χ0) is 21.3. The number of morpholine rings is 1. The Morgan fingerprint density at radius 1 is 1.27 bits per heavy atom. The monoisotopic (exact) mass is 449 g/mol. The summed E-state index contributed by atoms with van der Waals surface area (Å²) in [5.41, 5.74) is 5.74. The number of ether oxygens (including phenoxy) is 2. The van der Waals surface area contributed by atoms with Crippen molar-refractivity contribution in [3.8, 4) is 5.75 Å². The van der Waals surface area contributed by atoms with Crippen molar-refractivity contribution < 1.29 is 22.7 Å². The predicted octanol–water partition coefficient (Wildman–Crippen LogP) is 2.39. The van der Waals surface area contributed by atoms with Gasteiger partial charge in [0.1, 0.15) is 29.0 Å². The maximum atomic E-state index is 13.5. The molecule has 1 aliphatic rings. The third-order valence-corrected chi connectivity index (χ3v) is 7.02. The van der Waals surface area contributed by atoms with Crippen molar-refractivity contribution in [1.82, 2.24) is 9.29 Å². The number of hydrogen-bond acceptors (Lipinski definition) is 5. The van der Waals surface area contributed by atoms with E-state index in [0.29, 0.717) is 21.7 Å². The van der Waals surface area contributed by atoms with E-state index in [1.165, 1.54) is 10.4 Å². The lowest BCUT2D eigenvalue weighted by Gasteiger charge is -2.32. The van der Waals surface area contributed by atoms with Crippen molar-refractivity contribution in [2.45, 2.75) is 11.0 Å². The first-order valence-corrected chi connectivity index (χ1v) is 11.1. The molecule has 0 spiro atoms. The van der Waals surface area contributed by atoms with E-state index in [1.54, 1.807) is 12.1 Å². The largest absolute Gasteiger partial charge is 0.491 e. The Bertz CT molecular complexity index is 1180. The average Bonchev–Trinajstić information content (AvgIpc) is 3.13. The van der Waals surface area contributed by atoms with Crippen LogP contribution < -0.4 is 10.5 Å². The minimum absolute atomic E-state index is 0.0839. The Labute approximate surface area is 178 Å². The zero-order valence-electron chi connectivity index (χ0n) is 15.9. The number of primary amides is 1. The van der Waals surface area contributed by atoms with Crippen molar-refractivity contribution in [2.75, 3.05) is 26.3 Å². The Kier molecular flexibility index (Phi) is 5.70. The number of fused-ring (bicyclic) bond motifs is 1. The molecule has 1 saturated heterocycles. The molecule has 2 heterocycles. The number of nitrogens with two attached hydrogens (primary N) is 1. The SMILES string of the molecule is NC(=O)c1[nH]c2ccc(Cl)cc2c1S(=O)(=O)N1CCO[C@H](COc2ccccc2)C1. The number of H-pyrrole nitrogens is 1. The van der Waals surface area contributed by atoms with E-state index < -0.39 is 22.0 Å². The fraction of sp³-hybridized carbons (Fsp3) is 0.250. The van der Waals surface area contributed by atoms with E-state index in [-0.39, 0.29) is 36.9 Å². The molecule has 8 nitrogen and oxygen atoms in total. The second-order valence-electron chi connectivity index (χ2n) is 6.86. The molecule has 1 aliphatic heterocycles. The predicted molar refractivity (Wildman–Crippen MR) is 112 cm³/mol. The topological polar surface area (TPSA) is 115 Å². The highest BCUT2D eigenvalue weighted by molar-refractivity contribution is 7.89. The third-order valence-electron chi connectivity index (χ3n) is 4.84. The maximum Gasteiger partial charge on any atom is 0.266 e. The molecule has 3 aromatic rings. The summed E-state index contributed by atoms with van der Waals surface area (Å²) in [6.45, 7) is 0.631. The van der Waals surface area contributed by atoms with E-state index in [2.05, 4.69) is 4.98 Å². The van der Waals surface area contributed by atoms with Crippen LogP contribution in [0.3, 0.4) is 0 Å². The van der Waals surface area contributed by atoms with E-state index in [1.807, 2.05) is 30.3 Å². The molecule has 1 amide bonds. The number of aromatic amines is 1. The summed E-state index contributed by atoms with van der Waals surface area (Å²) in [5.74, 6) is -0.193. The Morgan fingerprint density at radius 3 is 2.77 bits per heavy atom. The number of benzene rings is 2. The normalized spacial score (nSPS) is 17.8. The number of nitrogens with one attached hydrogen (secondary N) is 1. The van der Waals surface area contributed by atoms with Gasteiger partial charge in [-0.2, -0.15) is 4.31 Å². The van der Waals surface area contributed by atoms with Crippen molar-refractivity contribution in [2.24, 2.45) is 5.73 Å². The van der Waals surface area contributed by atoms with Crippen LogP contribution in [0.2, 0.25) is 5.02 Å². The average molecular weight is 450 g/mol. The number of carbonyl (C=O) groups is 1. The number of amides is 1. The van der Waals surface area contributed by atoms with Gasteiger partial charge in [-0.3, -0.25) is 4.79 Å². The summed E-state index contributed by atoms with van der Waals surface area (Å²) in [6.07, 6.45) is -0.459. The smallest absolute Gasteiger partial charge is 0.266 e. The van der Waals surface area contributed by atoms with E-state index in [0.717, 1.165) is 0 Å². The van der Waals surface area contributed by atoms with Gasteiger partial charge in [0.05, 0.1) is 6.61 Å². The van der Waals surface area contributed by atoms with Gasteiger partial charge >= 0.3 is 0 Å². The molecule has 0 unspecified atom stereocenters. The molecule has 1 aromatic heterocycles. The molecule has 10 heteroatoms. The van der Waals surface area contributed by atoms with Crippen LogP contribution in [-0.2, 0) is 14.8 Å². The van der Waals surface area contributed by atoms with Gasteiger partial charge in [-0.05, 0) is 30.3 Å². The molecule has 0 radical (unpaired) electrons. The van der Waals surface area contributed by atoms with E-state index >= 15 is 0 Å². The number of carbonyl (C=O) groups excluding carboxylic acids is 1. The van der Waals surface area contributed by atoms with Gasteiger partial charge in [-0.25, -0.2) is 8.42 Å². The minimum Gasteiger partial charge on any atom is -0.491 e. The van der Waals surface area contributed by atoms with Gasteiger partial charge < -0.3 is 20.2 Å². The molecule has 0 aliphatic carbocycles. The first-order valence-electron chi connectivity index (χ1n) is 9.27. The third kappa shape index (κ3) is 4.01. The zero-order valence-corrected chi connectivity index (χ0v) is 17.4. The number of nitrogens with zero attached hydrogens (tertiary/aromatic N) is 1. The van der Waals surface area contributed by atoms with Gasteiger partial charge in [-0.1, -0.05) is 29.8 Å². The van der Waals surface area contributed by atoms with Crippen LogP contribution in [0, 0.1) is 0 Å². The number of para-hydroxylation sites is 1. The summed E-state index contributed by atoms with van der Waals surface area (Å²) < 4.78 is 39.6. The van der Waals surface area contributed by atoms with Crippen LogP contribution >= 0.6 is 11.6 Å². The van der Waals surface area contributed by atoms with Crippen LogP contribution in [0.15, 0.2) is 53.4 Å². The van der Waals surface area contributed by atoms with Crippen molar-refractivity contribution in [3.63, 3.8) is 0 Å². The lowest BCUT2D eigenvalue weighted by molar-refractivity contribution is -0.0249. The lowest BCUT2D eigenvalue weighted by Crippen LogP contribution is -2.47. The fourth-order valence-corrected chi connectivity index (χ4v) is 5.39. The molecular weight excluding hydrogens is 430 g/mol. The quantitative estimate of drug-likeness (QED) is 0.599. The van der Waals surface area contributed by atoms with Crippen molar-refractivity contribution in [3.05, 3.63) is 59.2 Å². The molecule has 3 N–H and O–H groups in total. The molecule has 0 bridgehead atoms. The van der Waals surface area contributed by atoms with Crippen LogP contribution in [0.1, 0.15) is 10.5 Å². The summed E-state index contributed by atoms with van der Waals surface area (Å²) in [4.78, 5) is 14.6. The highest BCUT2D eigenvalue weighted by atomic mass is 35.5. The molecule has 0 saturated carbocycles. The number of halogens is 1. The van der Waals surface area contributed by atoms with Crippen molar-refractivity contribution in [1.29, 1.82) is 0 Å². The maximum absolute atomic E-state index is 13.5. The standard InChI is InChI=1S/C20H20ClN3O5S/c21-13-6-7-17-16(10-13)19(18(23-17)20(22)25)30(26,27)24-8-9-28-15(11-24)12-29-14-4-2-1-3-5-14/h1-7,10,15,23H,8-9,11-12H2,(H2,22,25)/t15-/m0/s1. The summed E-state index contributed by atoms with van der Waals surface area (Å²) in [7, 11) is -4.05. The molecular formula is C20H20ClN3O5S. The number of aromatic nitrogens is 1. The van der Waals surface area contributed by atoms with Gasteiger partial charge in [0.25, 0.3) is 5.91 Å². The number of rotatable bonds is 6. The fourth-order valence-electron chi connectivity index (χ4n) is 3.43. The van der Waals surface area contributed by atoms with Crippen molar-refractivity contribution >= 4 is 38.4 Å².